The lowest BCUT2D eigenvalue weighted by Gasteiger charge is -2.13. The van der Waals surface area contributed by atoms with Gasteiger partial charge in [0.1, 0.15) is 0 Å². The molecule has 0 radical (unpaired) electrons. The van der Waals surface area contributed by atoms with Gasteiger partial charge in [-0.05, 0) is 43.4 Å². The zero-order valence-electron chi connectivity index (χ0n) is 12.4. The van der Waals surface area contributed by atoms with Crippen LogP contribution in [0.15, 0.2) is 24.5 Å². The Kier molecular flexibility index (Phi) is 3.57. The summed E-state index contributed by atoms with van der Waals surface area (Å²) in [5, 5.41) is 8.13. The summed E-state index contributed by atoms with van der Waals surface area (Å²) in [4.78, 5) is 4.45. The number of nitrogens with zero attached hydrogens (tertiary/aromatic N) is 3. The summed E-state index contributed by atoms with van der Waals surface area (Å²) in [6.45, 7) is 7.41. The van der Waals surface area contributed by atoms with Gasteiger partial charge in [-0.3, -0.25) is 0 Å². The van der Waals surface area contributed by atoms with E-state index in [0.717, 1.165) is 18.4 Å². The highest BCUT2D eigenvalue weighted by molar-refractivity contribution is 5.33. The molecule has 1 aliphatic rings. The molecule has 106 valence electrons. The molecule has 2 heterocycles. The van der Waals surface area contributed by atoms with E-state index in [1.54, 1.807) is 0 Å². The Bertz CT molecular complexity index is 596. The number of rotatable bonds is 5. The molecular formula is C16H22N4. The van der Waals surface area contributed by atoms with Crippen LogP contribution in [0.25, 0.3) is 5.82 Å². The first-order valence-corrected chi connectivity index (χ1v) is 7.38. The summed E-state index contributed by atoms with van der Waals surface area (Å²) in [5.41, 5.74) is 3.75. The largest absolute Gasteiger partial charge is 0.310 e. The molecule has 0 spiro atoms. The summed E-state index contributed by atoms with van der Waals surface area (Å²) in [6, 6.07) is 4.81. The van der Waals surface area contributed by atoms with Crippen LogP contribution in [-0.2, 0) is 6.54 Å². The van der Waals surface area contributed by atoms with Crippen molar-refractivity contribution in [1.29, 1.82) is 0 Å². The Labute approximate surface area is 120 Å². The zero-order chi connectivity index (χ0) is 14.1. The molecule has 2 aromatic heterocycles. The molecule has 1 aliphatic carbocycles. The lowest BCUT2D eigenvalue weighted by atomic mass is 10.1. The Hall–Kier alpha value is -1.68. The Morgan fingerprint density at radius 3 is 2.85 bits per heavy atom. The van der Waals surface area contributed by atoms with E-state index in [2.05, 4.69) is 42.2 Å². The molecule has 4 nitrogen and oxygen atoms in total. The molecule has 4 heteroatoms. The number of pyridine rings is 1. The monoisotopic (exact) mass is 270 g/mol. The van der Waals surface area contributed by atoms with Crippen LogP contribution in [0, 0.1) is 6.92 Å². The molecule has 20 heavy (non-hydrogen) atoms. The highest BCUT2D eigenvalue weighted by atomic mass is 15.3. The van der Waals surface area contributed by atoms with Crippen LogP contribution in [0.1, 0.15) is 49.4 Å². The fourth-order valence-electron chi connectivity index (χ4n) is 2.50. The third kappa shape index (κ3) is 2.75. The second-order valence-electron chi connectivity index (χ2n) is 5.97. The van der Waals surface area contributed by atoms with E-state index in [9.17, 15) is 0 Å². The van der Waals surface area contributed by atoms with Crippen molar-refractivity contribution in [3.63, 3.8) is 0 Å². The minimum atomic E-state index is 0.427. The predicted molar refractivity (Wildman–Crippen MR) is 80.0 cm³/mol. The predicted octanol–water partition coefficient (Wildman–Crippen LogP) is 2.95. The third-order valence-corrected chi connectivity index (χ3v) is 3.71. The minimum absolute atomic E-state index is 0.427. The van der Waals surface area contributed by atoms with Crippen LogP contribution in [0.3, 0.4) is 0 Å². The van der Waals surface area contributed by atoms with Gasteiger partial charge in [-0.1, -0.05) is 13.8 Å². The van der Waals surface area contributed by atoms with Crippen molar-refractivity contribution >= 4 is 0 Å². The lowest BCUT2D eigenvalue weighted by Crippen LogP contribution is -2.17. The van der Waals surface area contributed by atoms with Crippen molar-refractivity contribution in [2.45, 2.75) is 52.1 Å². The van der Waals surface area contributed by atoms with E-state index in [4.69, 9.17) is 0 Å². The molecule has 0 unspecified atom stereocenters. The SMILES string of the molecule is Cc1ccnc(-n2ncc(CNC3CC3)c2C(C)C)c1. The standard InChI is InChI=1S/C16H22N4/c1-11(2)16-13(9-18-14-4-5-14)10-19-20(16)15-8-12(3)6-7-17-15/h6-8,10-11,14,18H,4-5,9H2,1-3H3. The van der Waals surface area contributed by atoms with Gasteiger partial charge in [-0.2, -0.15) is 5.10 Å². The summed E-state index contributed by atoms with van der Waals surface area (Å²) >= 11 is 0. The highest BCUT2D eigenvalue weighted by Gasteiger charge is 2.22. The number of aryl methyl sites for hydroxylation is 1. The van der Waals surface area contributed by atoms with Gasteiger partial charge in [0.15, 0.2) is 5.82 Å². The number of hydrogen-bond donors (Lipinski definition) is 1. The molecule has 0 amide bonds. The van der Waals surface area contributed by atoms with Gasteiger partial charge in [0.2, 0.25) is 0 Å². The molecule has 1 saturated carbocycles. The van der Waals surface area contributed by atoms with Gasteiger partial charge < -0.3 is 5.32 Å². The molecule has 0 aliphatic heterocycles. The van der Waals surface area contributed by atoms with Crippen LogP contribution < -0.4 is 5.32 Å². The smallest absolute Gasteiger partial charge is 0.153 e. The highest BCUT2D eigenvalue weighted by Crippen LogP contribution is 2.24. The zero-order valence-corrected chi connectivity index (χ0v) is 12.4. The molecule has 2 aromatic rings. The summed E-state index contributed by atoms with van der Waals surface area (Å²) in [5.74, 6) is 1.34. The second kappa shape index (κ2) is 5.37. The van der Waals surface area contributed by atoms with E-state index in [-0.39, 0.29) is 0 Å². The van der Waals surface area contributed by atoms with E-state index >= 15 is 0 Å². The van der Waals surface area contributed by atoms with Crippen LogP contribution >= 0.6 is 0 Å². The molecule has 0 saturated heterocycles. The van der Waals surface area contributed by atoms with Gasteiger partial charge in [-0.25, -0.2) is 9.67 Å². The quantitative estimate of drug-likeness (QED) is 0.908. The maximum absolute atomic E-state index is 4.56. The Morgan fingerprint density at radius 2 is 2.20 bits per heavy atom. The normalized spacial score (nSPS) is 15.0. The molecular weight excluding hydrogens is 248 g/mol. The van der Waals surface area contributed by atoms with Gasteiger partial charge in [0, 0.05) is 24.3 Å². The van der Waals surface area contributed by atoms with Crippen molar-refractivity contribution in [2.75, 3.05) is 0 Å². The summed E-state index contributed by atoms with van der Waals surface area (Å²) in [7, 11) is 0. The molecule has 0 aromatic carbocycles. The maximum atomic E-state index is 4.56. The van der Waals surface area contributed by atoms with Gasteiger partial charge >= 0.3 is 0 Å². The van der Waals surface area contributed by atoms with Crippen LogP contribution in [-0.4, -0.2) is 20.8 Å². The third-order valence-electron chi connectivity index (χ3n) is 3.71. The number of nitrogens with one attached hydrogen (secondary N) is 1. The lowest BCUT2D eigenvalue weighted by molar-refractivity contribution is 0.663. The van der Waals surface area contributed by atoms with E-state index in [0.29, 0.717) is 5.92 Å². The average Bonchev–Trinajstić information content (AvgIpc) is 3.14. The maximum Gasteiger partial charge on any atom is 0.153 e. The molecule has 0 bridgehead atoms. The average molecular weight is 270 g/mol. The Balaban J connectivity index is 1.93. The van der Waals surface area contributed by atoms with Gasteiger partial charge in [-0.15, -0.1) is 0 Å². The first-order valence-electron chi connectivity index (χ1n) is 7.38. The first kappa shape index (κ1) is 13.3. The van der Waals surface area contributed by atoms with E-state index in [1.165, 1.54) is 29.7 Å². The van der Waals surface area contributed by atoms with Crippen LogP contribution in [0.5, 0.6) is 0 Å². The fourth-order valence-corrected chi connectivity index (χ4v) is 2.50. The van der Waals surface area contributed by atoms with Crippen molar-refractivity contribution in [2.24, 2.45) is 0 Å². The summed E-state index contributed by atoms with van der Waals surface area (Å²) in [6.07, 6.45) is 6.45. The van der Waals surface area contributed by atoms with E-state index < -0.39 is 0 Å². The fraction of sp³-hybridized carbons (Fsp3) is 0.500. The van der Waals surface area contributed by atoms with Crippen molar-refractivity contribution in [1.82, 2.24) is 20.1 Å². The molecule has 1 fully saturated rings. The second-order valence-corrected chi connectivity index (χ2v) is 5.97. The number of hydrogen-bond acceptors (Lipinski definition) is 3. The molecule has 0 atom stereocenters. The topological polar surface area (TPSA) is 42.7 Å². The van der Waals surface area contributed by atoms with Crippen molar-refractivity contribution in [3.8, 4) is 5.82 Å². The van der Waals surface area contributed by atoms with Gasteiger partial charge in [0.25, 0.3) is 0 Å². The molecule has 3 rings (SSSR count). The van der Waals surface area contributed by atoms with Gasteiger partial charge in [0.05, 0.1) is 11.9 Å². The van der Waals surface area contributed by atoms with E-state index in [1.807, 2.05) is 23.1 Å². The van der Waals surface area contributed by atoms with Crippen molar-refractivity contribution in [3.05, 3.63) is 41.3 Å². The van der Waals surface area contributed by atoms with Crippen LogP contribution in [0.2, 0.25) is 0 Å². The first-order chi connectivity index (χ1) is 9.65. The molecule has 1 N–H and O–H groups in total. The Morgan fingerprint density at radius 1 is 1.40 bits per heavy atom. The van der Waals surface area contributed by atoms with Crippen molar-refractivity contribution < 1.29 is 0 Å². The minimum Gasteiger partial charge on any atom is -0.310 e. The van der Waals surface area contributed by atoms with Crippen LogP contribution in [0.4, 0.5) is 0 Å². The number of aromatic nitrogens is 3. The summed E-state index contributed by atoms with van der Waals surface area (Å²) < 4.78 is 1.99.